The minimum absolute atomic E-state index is 0.176. The van der Waals surface area contributed by atoms with E-state index in [-0.39, 0.29) is 5.84 Å². The number of thioether (sulfide) groups is 1. The highest BCUT2D eigenvalue weighted by Gasteiger charge is 2.10. The first kappa shape index (κ1) is 12.9. The molecule has 0 atom stereocenters. The lowest BCUT2D eigenvalue weighted by atomic mass is 10.1. The number of hydrogen-bond acceptors (Lipinski definition) is 3. The molecule has 0 amide bonds. The Labute approximate surface area is 101 Å². The Kier molecular flexibility index (Phi) is 4.68. The molecule has 0 heterocycles. The van der Waals surface area contributed by atoms with Crippen LogP contribution in [0.1, 0.15) is 25.0 Å². The van der Waals surface area contributed by atoms with Gasteiger partial charge in [0.05, 0.1) is 0 Å². The molecular formula is C12H18N2OS. The smallest absolute Gasteiger partial charge is 0.171 e. The fourth-order valence-electron chi connectivity index (χ4n) is 1.35. The predicted octanol–water partition coefficient (Wildman–Crippen LogP) is 2.84. The van der Waals surface area contributed by atoms with Crippen LogP contribution in [0.25, 0.3) is 0 Å². The number of hydrogen-bond donors (Lipinski definition) is 2. The molecule has 0 radical (unpaired) electrons. The average Bonchev–Trinajstić information content (AvgIpc) is 2.25. The zero-order valence-electron chi connectivity index (χ0n) is 9.90. The topological polar surface area (TPSA) is 58.6 Å². The molecule has 0 aliphatic rings. The van der Waals surface area contributed by atoms with Gasteiger partial charge < -0.3 is 10.9 Å². The van der Waals surface area contributed by atoms with E-state index in [1.54, 1.807) is 11.8 Å². The Morgan fingerprint density at radius 1 is 1.50 bits per heavy atom. The first-order valence-electron chi connectivity index (χ1n) is 5.26. The molecule has 0 aliphatic heterocycles. The van der Waals surface area contributed by atoms with E-state index in [1.165, 1.54) is 0 Å². The molecule has 0 spiro atoms. The van der Waals surface area contributed by atoms with Crippen molar-refractivity contribution in [3.05, 3.63) is 29.3 Å². The maximum Gasteiger partial charge on any atom is 0.171 e. The average molecular weight is 238 g/mol. The van der Waals surface area contributed by atoms with Gasteiger partial charge in [-0.2, -0.15) is 0 Å². The lowest BCUT2D eigenvalue weighted by molar-refractivity contribution is 0.318. The number of nitrogens with two attached hydrogens (primary N) is 1. The van der Waals surface area contributed by atoms with E-state index in [4.69, 9.17) is 10.9 Å². The molecule has 0 fully saturated rings. The molecular weight excluding hydrogens is 220 g/mol. The van der Waals surface area contributed by atoms with E-state index >= 15 is 0 Å². The standard InChI is InChI=1S/C12H18N2OS/c1-8(2)7-16-11-9(3)5-4-6-10(11)12(13)14-15/h4-6,8,15H,7H2,1-3H3,(H2,13,14). The summed E-state index contributed by atoms with van der Waals surface area (Å²) in [5.41, 5.74) is 7.63. The van der Waals surface area contributed by atoms with Crippen molar-refractivity contribution in [2.45, 2.75) is 25.7 Å². The van der Waals surface area contributed by atoms with Gasteiger partial charge in [0.25, 0.3) is 0 Å². The Morgan fingerprint density at radius 3 is 2.75 bits per heavy atom. The molecule has 0 aromatic heterocycles. The SMILES string of the molecule is Cc1cccc(/C(N)=N/O)c1SCC(C)C. The van der Waals surface area contributed by atoms with Gasteiger partial charge in [-0.05, 0) is 18.4 Å². The molecule has 3 N–H and O–H groups in total. The monoisotopic (exact) mass is 238 g/mol. The zero-order valence-corrected chi connectivity index (χ0v) is 10.7. The van der Waals surface area contributed by atoms with Crippen molar-refractivity contribution in [3.63, 3.8) is 0 Å². The van der Waals surface area contributed by atoms with Gasteiger partial charge in [0, 0.05) is 16.2 Å². The fraction of sp³-hybridized carbons (Fsp3) is 0.417. The summed E-state index contributed by atoms with van der Waals surface area (Å²) in [6.07, 6.45) is 0. The summed E-state index contributed by atoms with van der Waals surface area (Å²) in [5.74, 6) is 1.82. The number of nitrogens with zero attached hydrogens (tertiary/aromatic N) is 1. The molecule has 3 nitrogen and oxygen atoms in total. The first-order chi connectivity index (χ1) is 7.56. The van der Waals surface area contributed by atoms with Crippen LogP contribution >= 0.6 is 11.8 Å². The van der Waals surface area contributed by atoms with Crippen molar-refractivity contribution in [2.75, 3.05) is 5.75 Å². The maximum atomic E-state index is 8.73. The third-order valence-corrected chi connectivity index (χ3v) is 3.82. The molecule has 0 bridgehead atoms. The Balaban J connectivity index is 3.04. The molecule has 0 saturated carbocycles. The van der Waals surface area contributed by atoms with Crippen LogP contribution < -0.4 is 5.73 Å². The van der Waals surface area contributed by atoms with E-state index in [1.807, 2.05) is 25.1 Å². The van der Waals surface area contributed by atoms with Crippen molar-refractivity contribution in [2.24, 2.45) is 16.8 Å². The van der Waals surface area contributed by atoms with Gasteiger partial charge in [-0.25, -0.2) is 0 Å². The van der Waals surface area contributed by atoms with Crippen LogP contribution in [-0.4, -0.2) is 16.8 Å². The van der Waals surface area contributed by atoms with Gasteiger partial charge in [0.1, 0.15) is 0 Å². The minimum atomic E-state index is 0.176. The van der Waals surface area contributed by atoms with Crippen molar-refractivity contribution in [1.29, 1.82) is 0 Å². The van der Waals surface area contributed by atoms with Crippen LogP contribution in [0, 0.1) is 12.8 Å². The highest BCUT2D eigenvalue weighted by molar-refractivity contribution is 7.99. The summed E-state index contributed by atoms with van der Waals surface area (Å²) in [6.45, 7) is 6.39. The van der Waals surface area contributed by atoms with E-state index in [0.717, 1.165) is 21.8 Å². The second-order valence-electron chi connectivity index (χ2n) is 4.14. The first-order valence-corrected chi connectivity index (χ1v) is 6.25. The normalized spacial score (nSPS) is 12.1. The predicted molar refractivity (Wildman–Crippen MR) is 69.3 cm³/mol. The Bertz CT molecular complexity index is 389. The van der Waals surface area contributed by atoms with E-state index in [9.17, 15) is 0 Å². The quantitative estimate of drug-likeness (QED) is 0.279. The lowest BCUT2D eigenvalue weighted by Crippen LogP contribution is -2.15. The number of oxime groups is 1. The van der Waals surface area contributed by atoms with E-state index in [0.29, 0.717) is 5.92 Å². The van der Waals surface area contributed by atoms with Crippen molar-refractivity contribution in [1.82, 2.24) is 0 Å². The molecule has 0 unspecified atom stereocenters. The van der Waals surface area contributed by atoms with Crippen LogP contribution in [-0.2, 0) is 0 Å². The summed E-state index contributed by atoms with van der Waals surface area (Å²) >= 11 is 1.75. The van der Waals surface area contributed by atoms with Crippen LogP contribution in [0.4, 0.5) is 0 Å². The summed E-state index contributed by atoms with van der Waals surface area (Å²) in [6, 6.07) is 5.84. The zero-order chi connectivity index (χ0) is 12.1. The lowest BCUT2D eigenvalue weighted by Gasteiger charge is -2.12. The summed E-state index contributed by atoms with van der Waals surface area (Å²) in [4.78, 5) is 1.10. The van der Waals surface area contributed by atoms with Crippen molar-refractivity contribution < 1.29 is 5.21 Å². The molecule has 1 aromatic carbocycles. The van der Waals surface area contributed by atoms with Crippen LogP contribution in [0.5, 0.6) is 0 Å². The van der Waals surface area contributed by atoms with Crippen LogP contribution in [0.15, 0.2) is 28.3 Å². The number of benzene rings is 1. The van der Waals surface area contributed by atoms with Gasteiger partial charge in [-0.3, -0.25) is 0 Å². The number of rotatable bonds is 4. The minimum Gasteiger partial charge on any atom is -0.409 e. The van der Waals surface area contributed by atoms with Gasteiger partial charge >= 0.3 is 0 Å². The number of aryl methyl sites for hydroxylation is 1. The highest BCUT2D eigenvalue weighted by atomic mass is 32.2. The van der Waals surface area contributed by atoms with Crippen molar-refractivity contribution in [3.8, 4) is 0 Å². The van der Waals surface area contributed by atoms with Gasteiger partial charge in [0.2, 0.25) is 0 Å². The third kappa shape index (κ3) is 3.17. The summed E-state index contributed by atoms with van der Waals surface area (Å²) in [5, 5.41) is 11.8. The van der Waals surface area contributed by atoms with Crippen LogP contribution in [0.3, 0.4) is 0 Å². The molecule has 4 heteroatoms. The maximum absolute atomic E-state index is 8.73. The van der Waals surface area contributed by atoms with E-state index in [2.05, 4.69) is 19.0 Å². The largest absolute Gasteiger partial charge is 0.409 e. The molecule has 16 heavy (non-hydrogen) atoms. The second kappa shape index (κ2) is 5.80. The fourth-order valence-corrected chi connectivity index (χ4v) is 2.47. The van der Waals surface area contributed by atoms with Gasteiger partial charge in [0.15, 0.2) is 5.84 Å². The molecule has 0 saturated heterocycles. The van der Waals surface area contributed by atoms with Gasteiger partial charge in [-0.15, -0.1) is 11.8 Å². The highest BCUT2D eigenvalue weighted by Crippen LogP contribution is 2.28. The molecule has 1 aromatic rings. The Hall–Kier alpha value is -1.16. The Morgan fingerprint density at radius 2 is 2.19 bits per heavy atom. The summed E-state index contributed by atoms with van der Waals surface area (Å²) in [7, 11) is 0. The van der Waals surface area contributed by atoms with Gasteiger partial charge in [-0.1, -0.05) is 37.2 Å². The number of amidine groups is 1. The molecule has 1 rings (SSSR count). The van der Waals surface area contributed by atoms with E-state index < -0.39 is 0 Å². The molecule has 0 aliphatic carbocycles. The summed E-state index contributed by atoms with van der Waals surface area (Å²) < 4.78 is 0. The molecule has 88 valence electrons. The van der Waals surface area contributed by atoms with Crippen LogP contribution in [0.2, 0.25) is 0 Å². The second-order valence-corrected chi connectivity index (χ2v) is 5.17. The van der Waals surface area contributed by atoms with Crippen molar-refractivity contribution >= 4 is 17.6 Å². The third-order valence-electron chi connectivity index (χ3n) is 2.16.